The second-order valence-electron chi connectivity index (χ2n) is 7.63. The molecule has 1 aliphatic carbocycles. The molecule has 0 bridgehead atoms. The minimum atomic E-state index is -0.342. The molecule has 1 N–H and O–H groups in total. The van der Waals surface area contributed by atoms with Gasteiger partial charge < -0.3 is 4.74 Å². The lowest BCUT2D eigenvalue weighted by atomic mass is 9.76. The molecule has 0 atom stereocenters. The summed E-state index contributed by atoms with van der Waals surface area (Å²) in [6, 6.07) is 17.6. The van der Waals surface area contributed by atoms with Crippen LogP contribution in [0.4, 0.5) is 0 Å². The Hall–Kier alpha value is -2.95. The lowest BCUT2D eigenvalue weighted by molar-refractivity contribution is -0.123. The van der Waals surface area contributed by atoms with E-state index in [9.17, 15) is 9.59 Å². The average Bonchev–Trinajstić information content (AvgIpc) is 2.64. The summed E-state index contributed by atoms with van der Waals surface area (Å²) in [7, 11) is 0. The van der Waals surface area contributed by atoms with Gasteiger partial charge in [-0.3, -0.25) is 9.59 Å². The summed E-state index contributed by atoms with van der Waals surface area (Å²) >= 11 is 0. The minimum Gasteiger partial charge on any atom is -0.484 e. The molecule has 3 rings (SSSR count). The number of rotatable bonds is 5. The fraction of sp³-hybridized carbons (Fsp3) is 0.318. The summed E-state index contributed by atoms with van der Waals surface area (Å²) in [5.74, 6) is 0.436. The smallest absolute Gasteiger partial charge is 0.277 e. The van der Waals surface area contributed by atoms with Crippen LogP contribution in [0.25, 0.3) is 11.1 Å². The van der Waals surface area contributed by atoms with Crippen LogP contribution < -0.4 is 10.2 Å². The molecule has 1 amide bonds. The van der Waals surface area contributed by atoms with Crippen molar-refractivity contribution in [2.75, 3.05) is 6.61 Å². The third-order valence-electron chi connectivity index (χ3n) is 4.43. The first kappa shape index (κ1) is 18.8. The zero-order valence-electron chi connectivity index (χ0n) is 15.7. The van der Waals surface area contributed by atoms with Gasteiger partial charge in [0.25, 0.3) is 5.91 Å². The molecule has 5 heteroatoms. The predicted molar refractivity (Wildman–Crippen MR) is 106 cm³/mol. The highest BCUT2D eigenvalue weighted by Crippen LogP contribution is 2.31. The number of ketones is 1. The summed E-state index contributed by atoms with van der Waals surface area (Å²) in [5.41, 5.74) is 5.32. The Kier molecular flexibility index (Phi) is 5.69. The van der Waals surface area contributed by atoms with Gasteiger partial charge in [0.2, 0.25) is 0 Å². The van der Waals surface area contributed by atoms with Gasteiger partial charge in [0.05, 0.1) is 0 Å². The van der Waals surface area contributed by atoms with Gasteiger partial charge >= 0.3 is 0 Å². The molecule has 5 nitrogen and oxygen atoms in total. The van der Waals surface area contributed by atoms with Crippen molar-refractivity contribution >= 4 is 17.4 Å². The van der Waals surface area contributed by atoms with Gasteiger partial charge in [-0.2, -0.15) is 5.10 Å². The lowest BCUT2D eigenvalue weighted by Gasteiger charge is -2.28. The van der Waals surface area contributed by atoms with E-state index < -0.39 is 0 Å². The summed E-state index contributed by atoms with van der Waals surface area (Å²) < 4.78 is 5.51. The van der Waals surface area contributed by atoms with Crippen LogP contribution in [-0.4, -0.2) is 24.0 Å². The molecule has 0 unspecified atom stereocenters. The third kappa shape index (κ3) is 5.51. The maximum Gasteiger partial charge on any atom is 0.277 e. The zero-order valence-corrected chi connectivity index (χ0v) is 15.7. The molecular weight excluding hydrogens is 340 g/mol. The molecule has 0 radical (unpaired) electrons. The number of nitrogens with one attached hydrogen (secondary N) is 1. The molecule has 1 fully saturated rings. The van der Waals surface area contributed by atoms with Gasteiger partial charge in [0.15, 0.2) is 6.61 Å². The normalized spacial score (nSPS) is 17.6. The molecule has 1 saturated carbocycles. The second kappa shape index (κ2) is 8.16. The number of ether oxygens (including phenoxy) is 1. The summed E-state index contributed by atoms with van der Waals surface area (Å²) in [6.07, 6.45) is 1.58. The first-order valence-corrected chi connectivity index (χ1v) is 9.06. The quantitative estimate of drug-likeness (QED) is 0.816. The molecule has 140 valence electrons. The second-order valence-corrected chi connectivity index (χ2v) is 7.63. The fourth-order valence-corrected chi connectivity index (χ4v) is 3.28. The highest BCUT2D eigenvalue weighted by molar-refractivity contribution is 6.05. The van der Waals surface area contributed by atoms with Crippen LogP contribution in [0.2, 0.25) is 0 Å². The van der Waals surface area contributed by atoms with Crippen molar-refractivity contribution in [2.45, 2.75) is 33.1 Å². The van der Waals surface area contributed by atoms with E-state index >= 15 is 0 Å². The Morgan fingerprint density at radius 2 is 1.70 bits per heavy atom. The van der Waals surface area contributed by atoms with Gasteiger partial charge in [-0.05, 0) is 35.1 Å². The lowest BCUT2D eigenvalue weighted by Crippen LogP contribution is -2.32. The van der Waals surface area contributed by atoms with Gasteiger partial charge in [0.1, 0.15) is 11.5 Å². The third-order valence-corrected chi connectivity index (χ3v) is 4.43. The van der Waals surface area contributed by atoms with E-state index in [0.29, 0.717) is 25.0 Å². The molecule has 2 aromatic carbocycles. The molecule has 2 aromatic rings. The number of carbonyl (C=O) groups excluding carboxylic acids is 2. The van der Waals surface area contributed by atoms with E-state index in [1.54, 1.807) is 0 Å². The maximum atomic E-state index is 12.0. The van der Waals surface area contributed by atoms with Crippen molar-refractivity contribution in [1.29, 1.82) is 0 Å². The van der Waals surface area contributed by atoms with Crippen molar-refractivity contribution in [1.82, 2.24) is 5.43 Å². The van der Waals surface area contributed by atoms with Gasteiger partial charge in [-0.25, -0.2) is 5.43 Å². The molecule has 0 spiro atoms. The van der Waals surface area contributed by atoms with Crippen LogP contribution in [0.5, 0.6) is 5.75 Å². The highest BCUT2D eigenvalue weighted by Gasteiger charge is 2.30. The SMILES string of the molecule is CC1(C)CC(=O)CC(=NNC(=O)COc2ccc(-c3ccccc3)cc2)C1. The van der Waals surface area contributed by atoms with Gasteiger partial charge in [-0.15, -0.1) is 0 Å². The van der Waals surface area contributed by atoms with Crippen molar-refractivity contribution < 1.29 is 14.3 Å². The van der Waals surface area contributed by atoms with Crippen molar-refractivity contribution in [3.63, 3.8) is 0 Å². The van der Waals surface area contributed by atoms with E-state index in [-0.39, 0.29) is 23.7 Å². The largest absolute Gasteiger partial charge is 0.484 e. The van der Waals surface area contributed by atoms with Crippen LogP contribution in [0.15, 0.2) is 59.7 Å². The molecular formula is C22H24N2O3. The Bertz CT molecular complexity index is 840. The molecule has 0 aliphatic heterocycles. The van der Waals surface area contributed by atoms with Crippen LogP contribution in [0, 0.1) is 5.41 Å². The number of hydrogen-bond donors (Lipinski definition) is 1. The number of hydrogen-bond acceptors (Lipinski definition) is 4. The Morgan fingerprint density at radius 1 is 1.04 bits per heavy atom. The summed E-state index contributed by atoms with van der Waals surface area (Å²) in [6.45, 7) is 3.94. The summed E-state index contributed by atoms with van der Waals surface area (Å²) in [4.78, 5) is 23.7. The van der Waals surface area contributed by atoms with Crippen LogP contribution >= 0.6 is 0 Å². The van der Waals surface area contributed by atoms with E-state index in [4.69, 9.17) is 4.74 Å². The first-order chi connectivity index (χ1) is 12.9. The first-order valence-electron chi connectivity index (χ1n) is 9.06. The standard InChI is InChI=1S/C22H24N2O3/c1-22(2)13-18(12-19(25)14-22)23-24-21(26)15-27-20-10-8-17(9-11-20)16-6-4-3-5-7-16/h3-11H,12-15H2,1-2H3,(H,24,26). The van der Waals surface area contributed by atoms with Crippen LogP contribution in [0.3, 0.4) is 0 Å². The maximum absolute atomic E-state index is 12.0. The number of benzene rings is 2. The monoisotopic (exact) mass is 364 g/mol. The highest BCUT2D eigenvalue weighted by atomic mass is 16.5. The van der Waals surface area contributed by atoms with E-state index in [1.165, 1.54) is 0 Å². The van der Waals surface area contributed by atoms with Crippen molar-refractivity contribution in [2.24, 2.45) is 10.5 Å². The van der Waals surface area contributed by atoms with Crippen LogP contribution in [-0.2, 0) is 9.59 Å². The predicted octanol–water partition coefficient (Wildman–Crippen LogP) is 3.98. The number of carbonyl (C=O) groups is 2. The number of hydrazone groups is 1. The molecule has 0 saturated heterocycles. The Morgan fingerprint density at radius 3 is 2.37 bits per heavy atom. The minimum absolute atomic E-state index is 0.101. The summed E-state index contributed by atoms with van der Waals surface area (Å²) in [5, 5.41) is 4.11. The van der Waals surface area contributed by atoms with Gasteiger partial charge in [0, 0.05) is 18.6 Å². The molecule has 27 heavy (non-hydrogen) atoms. The number of amides is 1. The molecule has 0 heterocycles. The average molecular weight is 364 g/mol. The van der Waals surface area contributed by atoms with E-state index in [2.05, 4.69) is 10.5 Å². The topological polar surface area (TPSA) is 67.8 Å². The van der Waals surface area contributed by atoms with Gasteiger partial charge in [-0.1, -0.05) is 56.3 Å². The zero-order chi connectivity index (χ0) is 19.3. The number of Topliss-reactive ketones (excluding diaryl/α,β-unsaturated/α-hetero) is 1. The van der Waals surface area contributed by atoms with Crippen LogP contribution in [0.1, 0.15) is 33.1 Å². The van der Waals surface area contributed by atoms with E-state index in [1.807, 2.05) is 68.4 Å². The Labute approximate surface area is 159 Å². The van der Waals surface area contributed by atoms with Crippen molar-refractivity contribution in [3.05, 3.63) is 54.6 Å². The van der Waals surface area contributed by atoms with Crippen molar-refractivity contribution in [3.8, 4) is 16.9 Å². The van der Waals surface area contributed by atoms with E-state index in [0.717, 1.165) is 16.8 Å². The Balaban J connectivity index is 1.50. The number of nitrogens with zero attached hydrogens (tertiary/aromatic N) is 1. The fourth-order valence-electron chi connectivity index (χ4n) is 3.28. The molecule has 1 aliphatic rings. The molecule has 0 aromatic heterocycles.